The minimum absolute atomic E-state index is 0.203. The van der Waals surface area contributed by atoms with Crippen LogP contribution in [0.1, 0.15) is 49.7 Å². The minimum Gasteiger partial charge on any atom is -0.273 e. The second-order valence-corrected chi connectivity index (χ2v) is 10.3. The Hall–Kier alpha value is -3.28. The summed E-state index contributed by atoms with van der Waals surface area (Å²) in [6.45, 7) is 0. The van der Waals surface area contributed by atoms with Crippen LogP contribution in [0, 0.1) is 23.6 Å². The molecule has 33 heavy (non-hydrogen) atoms. The fourth-order valence-corrected chi connectivity index (χ4v) is 7.08. The van der Waals surface area contributed by atoms with Gasteiger partial charge < -0.3 is 0 Å². The van der Waals surface area contributed by atoms with Gasteiger partial charge in [-0.1, -0.05) is 24.3 Å². The third-order valence-electron chi connectivity index (χ3n) is 8.04. The van der Waals surface area contributed by atoms with E-state index in [0.29, 0.717) is 11.3 Å². The molecular weight excluding hydrogens is 419 g/mol. The van der Waals surface area contributed by atoms with Crippen LogP contribution in [0.2, 0.25) is 0 Å². The van der Waals surface area contributed by atoms with Crippen LogP contribution in [0.5, 0.6) is 0 Å². The molecule has 7 rings (SSSR count). The van der Waals surface area contributed by atoms with Crippen LogP contribution in [0.3, 0.4) is 0 Å². The summed E-state index contributed by atoms with van der Waals surface area (Å²) in [5.41, 5.74) is 2.11. The average Bonchev–Trinajstić information content (AvgIpc) is 2.76. The number of rotatable bonds is 3. The van der Waals surface area contributed by atoms with Gasteiger partial charge in [0, 0.05) is 0 Å². The Morgan fingerprint density at radius 2 is 1.55 bits per heavy atom. The quantitative estimate of drug-likeness (QED) is 0.538. The number of nitrogens with zero attached hydrogens (tertiary/aromatic N) is 1. The first-order valence-electron chi connectivity index (χ1n) is 11.7. The number of carbonyl (C=O) groups excluding carboxylic acids is 3. The normalized spacial score (nSPS) is 31.9. The molecule has 5 nitrogen and oxygen atoms in total. The van der Waals surface area contributed by atoms with Crippen molar-refractivity contribution in [1.82, 2.24) is 5.32 Å². The van der Waals surface area contributed by atoms with Crippen molar-refractivity contribution < 1.29 is 18.8 Å². The molecule has 0 unspecified atom stereocenters. The van der Waals surface area contributed by atoms with Crippen LogP contribution in [0.15, 0.2) is 54.1 Å². The first-order valence-corrected chi connectivity index (χ1v) is 11.7. The second-order valence-electron chi connectivity index (χ2n) is 10.3. The summed E-state index contributed by atoms with van der Waals surface area (Å²) in [5, 5.41) is 2.23. The molecule has 1 N–H and O–H groups in total. The molecule has 0 aromatic heterocycles. The Balaban J connectivity index is 1.30. The van der Waals surface area contributed by atoms with Gasteiger partial charge in [0.25, 0.3) is 11.8 Å². The van der Waals surface area contributed by atoms with Gasteiger partial charge in [-0.15, -0.1) is 0 Å². The molecule has 2 aromatic carbocycles. The smallest absolute Gasteiger partial charge is 0.273 e. The van der Waals surface area contributed by atoms with Crippen LogP contribution < -0.4 is 10.2 Å². The van der Waals surface area contributed by atoms with E-state index >= 15 is 0 Å². The molecule has 4 amide bonds. The fraction of sp³-hybridized carbons (Fsp3) is 0.370. The van der Waals surface area contributed by atoms with Crippen LogP contribution in [0.4, 0.5) is 14.9 Å². The van der Waals surface area contributed by atoms with Crippen molar-refractivity contribution in [3.63, 3.8) is 0 Å². The largest absolute Gasteiger partial charge is 0.335 e. The Morgan fingerprint density at radius 3 is 2.15 bits per heavy atom. The van der Waals surface area contributed by atoms with Gasteiger partial charge in [0.1, 0.15) is 11.4 Å². The van der Waals surface area contributed by atoms with E-state index in [-0.39, 0.29) is 11.0 Å². The maximum atomic E-state index is 13.5. The van der Waals surface area contributed by atoms with Crippen molar-refractivity contribution in [3.8, 4) is 0 Å². The number of amides is 4. The highest BCUT2D eigenvalue weighted by atomic mass is 19.1. The average molecular weight is 445 g/mol. The molecular formula is C27H25FN2O3. The first-order chi connectivity index (χ1) is 15.9. The number of barbiturate groups is 1. The molecule has 4 saturated carbocycles. The highest BCUT2D eigenvalue weighted by Gasteiger charge is 2.51. The van der Waals surface area contributed by atoms with Gasteiger partial charge in [-0.3, -0.25) is 14.9 Å². The van der Waals surface area contributed by atoms with E-state index in [4.69, 9.17) is 0 Å². The highest BCUT2D eigenvalue weighted by Crippen LogP contribution is 2.60. The first kappa shape index (κ1) is 20.3. The summed E-state index contributed by atoms with van der Waals surface area (Å²) >= 11 is 0. The van der Waals surface area contributed by atoms with E-state index in [1.54, 1.807) is 18.2 Å². The predicted molar refractivity (Wildman–Crippen MR) is 122 cm³/mol. The SMILES string of the molecule is O=C1NC(=O)N(c2ccc(C34CC5CC(CC(C5)C3)C4)cc2)C(=O)/C1=C/c1cccc(F)c1. The fourth-order valence-electron chi connectivity index (χ4n) is 7.08. The predicted octanol–water partition coefficient (Wildman–Crippen LogP) is 4.96. The van der Waals surface area contributed by atoms with Crippen LogP contribution in [-0.2, 0) is 15.0 Å². The topological polar surface area (TPSA) is 66.5 Å². The van der Waals surface area contributed by atoms with Gasteiger partial charge in [-0.2, -0.15) is 0 Å². The van der Waals surface area contributed by atoms with Crippen molar-refractivity contribution in [3.05, 3.63) is 71.0 Å². The number of benzene rings is 2. The Kier molecular flexibility index (Phi) is 4.54. The summed E-state index contributed by atoms with van der Waals surface area (Å²) in [4.78, 5) is 39.0. The number of imide groups is 2. The van der Waals surface area contributed by atoms with Gasteiger partial charge in [-0.25, -0.2) is 14.1 Å². The molecule has 168 valence electrons. The summed E-state index contributed by atoms with van der Waals surface area (Å²) in [7, 11) is 0. The van der Waals surface area contributed by atoms with Gasteiger partial charge in [-0.05, 0) is 103 Å². The summed E-state index contributed by atoms with van der Waals surface area (Å²) in [6, 6.07) is 12.5. The minimum atomic E-state index is -0.782. The van der Waals surface area contributed by atoms with E-state index in [0.717, 1.165) is 22.7 Å². The second kappa shape index (κ2) is 7.37. The van der Waals surface area contributed by atoms with E-state index in [2.05, 4.69) is 17.4 Å². The van der Waals surface area contributed by atoms with E-state index in [9.17, 15) is 18.8 Å². The molecule has 0 radical (unpaired) electrons. The molecule has 1 heterocycles. The Bertz CT molecular complexity index is 1160. The molecule has 1 saturated heterocycles. The molecule has 4 bridgehead atoms. The van der Waals surface area contributed by atoms with Crippen molar-refractivity contribution in [2.45, 2.75) is 43.9 Å². The van der Waals surface area contributed by atoms with Crippen LogP contribution in [0.25, 0.3) is 6.08 Å². The zero-order chi connectivity index (χ0) is 22.7. The number of nitrogens with one attached hydrogen (secondary N) is 1. The third kappa shape index (κ3) is 3.39. The van der Waals surface area contributed by atoms with Gasteiger partial charge in [0.15, 0.2) is 0 Å². The third-order valence-corrected chi connectivity index (χ3v) is 8.04. The van der Waals surface area contributed by atoms with Crippen molar-refractivity contribution in [2.24, 2.45) is 17.8 Å². The van der Waals surface area contributed by atoms with Crippen molar-refractivity contribution >= 4 is 29.6 Å². The standard InChI is InChI=1S/C27H25FN2O3/c28-21-3-1-2-16(11-21)12-23-24(31)29-26(33)30(25(23)32)22-6-4-20(5-7-22)27-13-17-8-18(14-27)10-19(9-17)15-27/h1-7,11-12,17-19H,8-10,13-15H2,(H,29,31,33)/b23-12+. The van der Waals surface area contributed by atoms with Crippen LogP contribution >= 0.6 is 0 Å². The summed E-state index contributed by atoms with van der Waals surface area (Å²) in [6.07, 6.45) is 9.12. The number of hydrogen-bond donors (Lipinski definition) is 1. The van der Waals surface area contributed by atoms with Crippen LogP contribution in [-0.4, -0.2) is 17.8 Å². The maximum Gasteiger partial charge on any atom is 0.335 e. The molecule has 1 aliphatic heterocycles. The number of hydrogen-bond acceptors (Lipinski definition) is 3. The number of halogens is 1. The van der Waals surface area contributed by atoms with Crippen molar-refractivity contribution in [2.75, 3.05) is 4.90 Å². The monoisotopic (exact) mass is 444 g/mol. The lowest BCUT2D eigenvalue weighted by molar-refractivity contribution is -0.122. The molecule has 4 aliphatic carbocycles. The molecule has 0 atom stereocenters. The van der Waals surface area contributed by atoms with Gasteiger partial charge in [0.2, 0.25) is 0 Å². The summed E-state index contributed by atoms with van der Waals surface area (Å²) in [5.74, 6) is 0.512. The molecule has 6 heteroatoms. The zero-order valence-electron chi connectivity index (χ0n) is 18.2. The van der Waals surface area contributed by atoms with Crippen molar-refractivity contribution in [1.29, 1.82) is 0 Å². The zero-order valence-corrected chi connectivity index (χ0v) is 18.2. The number of carbonyl (C=O) groups is 3. The van der Waals surface area contributed by atoms with E-state index in [1.807, 2.05) is 0 Å². The number of urea groups is 1. The lowest BCUT2D eigenvalue weighted by atomic mass is 9.48. The molecule has 5 fully saturated rings. The molecule has 0 spiro atoms. The van der Waals surface area contributed by atoms with E-state index in [1.165, 1.54) is 68.4 Å². The lowest BCUT2D eigenvalue weighted by Crippen LogP contribution is -2.54. The highest BCUT2D eigenvalue weighted by molar-refractivity contribution is 6.39. The molecule has 2 aromatic rings. The number of anilines is 1. The van der Waals surface area contributed by atoms with E-state index < -0.39 is 23.7 Å². The summed E-state index contributed by atoms with van der Waals surface area (Å²) < 4.78 is 13.5. The maximum absolute atomic E-state index is 13.5. The Labute approximate surface area is 191 Å². The lowest BCUT2D eigenvalue weighted by Gasteiger charge is -2.57. The molecule has 5 aliphatic rings. The Morgan fingerprint density at radius 1 is 0.909 bits per heavy atom. The van der Waals surface area contributed by atoms with Gasteiger partial charge in [0.05, 0.1) is 5.69 Å². The van der Waals surface area contributed by atoms with Gasteiger partial charge >= 0.3 is 6.03 Å².